The van der Waals surface area contributed by atoms with Crippen molar-refractivity contribution < 1.29 is 14.3 Å². The van der Waals surface area contributed by atoms with E-state index in [1.165, 1.54) is 0 Å². The summed E-state index contributed by atoms with van der Waals surface area (Å²) in [6.45, 7) is 2.92. The van der Waals surface area contributed by atoms with Crippen LogP contribution in [0.15, 0.2) is 12.1 Å². The number of carbonyl (C=O) groups is 1. The molecule has 2 aliphatic heterocycles. The third-order valence-electron chi connectivity index (χ3n) is 3.54. The molecule has 6 heteroatoms. The molecule has 1 atom stereocenters. The lowest BCUT2D eigenvalue weighted by Gasteiger charge is -2.20. The van der Waals surface area contributed by atoms with Crippen molar-refractivity contribution in [2.75, 3.05) is 31.6 Å². The second-order valence-corrected chi connectivity index (χ2v) is 5.49. The van der Waals surface area contributed by atoms with E-state index in [-0.39, 0.29) is 5.91 Å². The molecule has 1 unspecified atom stereocenters. The molecule has 0 radical (unpaired) electrons. The standard InChI is InChI=1S/C14H17ClN2O3/c15-10-6-12-13(20-4-3-19-12)7-11(10)17-14(18)5-9-1-2-16-8-9/h6-7,9,16H,1-5,8H2,(H,17,18). The molecule has 0 bridgehead atoms. The highest BCUT2D eigenvalue weighted by atomic mass is 35.5. The number of carbonyl (C=O) groups excluding carboxylic acids is 1. The van der Waals surface area contributed by atoms with Crippen molar-refractivity contribution in [3.05, 3.63) is 17.2 Å². The van der Waals surface area contributed by atoms with Gasteiger partial charge in [-0.15, -0.1) is 0 Å². The highest BCUT2D eigenvalue weighted by molar-refractivity contribution is 6.34. The number of hydrogen-bond acceptors (Lipinski definition) is 4. The zero-order chi connectivity index (χ0) is 13.9. The minimum absolute atomic E-state index is 0.0164. The van der Waals surface area contributed by atoms with Crippen LogP contribution in [0.25, 0.3) is 0 Å². The largest absolute Gasteiger partial charge is 0.486 e. The van der Waals surface area contributed by atoms with Crippen LogP contribution in [0.1, 0.15) is 12.8 Å². The van der Waals surface area contributed by atoms with Gasteiger partial charge in [-0.3, -0.25) is 4.79 Å². The van der Waals surface area contributed by atoms with E-state index in [4.69, 9.17) is 21.1 Å². The van der Waals surface area contributed by atoms with Crippen LogP contribution in [0.3, 0.4) is 0 Å². The Morgan fingerprint density at radius 1 is 1.35 bits per heavy atom. The van der Waals surface area contributed by atoms with E-state index in [0.29, 0.717) is 47.8 Å². The van der Waals surface area contributed by atoms with E-state index in [0.717, 1.165) is 19.5 Å². The Labute approximate surface area is 122 Å². The first-order valence-corrected chi connectivity index (χ1v) is 7.20. The van der Waals surface area contributed by atoms with Crippen molar-refractivity contribution in [1.29, 1.82) is 0 Å². The Hall–Kier alpha value is -1.46. The summed E-state index contributed by atoms with van der Waals surface area (Å²) < 4.78 is 10.9. The van der Waals surface area contributed by atoms with E-state index in [9.17, 15) is 4.79 Å². The van der Waals surface area contributed by atoms with Gasteiger partial charge in [0.1, 0.15) is 13.2 Å². The summed E-state index contributed by atoms with van der Waals surface area (Å²) in [6, 6.07) is 3.41. The van der Waals surface area contributed by atoms with Crippen LogP contribution < -0.4 is 20.1 Å². The van der Waals surface area contributed by atoms with Gasteiger partial charge in [0.15, 0.2) is 11.5 Å². The number of fused-ring (bicyclic) bond motifs is 1. The van der Waals surface area contributed by atoms with Gasteiger partial charge >= 0.3 is 0 Å². The molecule has 1 amide bonds. The molecule has 1 aromatic carbocycles. The average Bonchev–Trinajstić information content (AvgIpc) is 2.92. The van der Waals surface area contributed by atoms with Gasteiger partial charge in [-0.1, -0.05) is 11.6 Å². The first-order valence-electron chi connectivity index (χ1n) is 6.82. The van der Waals surface area contributed by atoms with Crippen molar-refractivity contribution in [3.8, 4) is 11.5 Å². The third kappa shape index (κ3) is 2.99. The number of halogens is 1. The number of hydrogen-bond donors (Lipinski definition) is 2. The van der Waals surface area contributed by atoms with E-state index >= 15 is 0 Å². The molecule has 0 aromatic heterocycles. The van der Waals surface area contributed by atoms with Crippen LogP contribution in [0.2, 0.25) is 5.02 Å². The Morgan fingerprint density at radius 2 is 2.10 bits per heavy atom. The van der Waals surface area contributed by atoms with E-state index in [2.05, 4.69) is 10.6 Å². The first-order chi connectivity index (χ1) is 9.72. The van der Waals surface area contributed by atoms with Gasteiger partial charge in [0, 0.05) is 18.6 Å². The lowest BCUT2D eigenvalue weighted by atomic mass is 10.0. The zero-order valence-electron chi connectivity index (χ0n) is 11.1. The molecule has 1 saturated heterocycles. The highest BCUT2D eigenvalue weighted by Gasteiger charge is 2.20. The summed E-state index contributed by atoms with van der Waals surface area (Å²) in [7, 11) is 0. The van der Waals surface area contributed by atoms with Gasteiger partial charge in [-0.25, -0.2) is 0 Å². The monoisotopic (exact) mass is 296 g/mol. The lowest BCUT2D eigenvalue weighted by Crippen LogP contribution is -2.19. The molecule has 2 N–H and O–H groups in total. The molecular weight excluding hydrogens is 280 g/mol. The lowest BCUT2D eigenvalue weighted by molar-refractivity contribution is -0.116. The fourth-order valence-corrected chi connectivity index (χ4v) is 2.71. The van der Waals surface area contributed by atoms with Crippen molar-refractivity contribution in [2.45, 2.75) is 12.8 Å². The highest BCUT2D eigenvalue weighted by Crippen LogP contribution is 2.38. The minimum atomic E-state index is -0.0164. The third-order valence-corrected chi connectivity index (χ3v) is 3.86. The molecule has 3 rings (SSSR count). The minimum Gasteiger partial charge on any atom is -0.486 e. The van der Waals surface area contributed by atoms with Crippen LogP contribution in [0, 0.1) is 5.92 Å². The van der Waals surface area contributed by atoms with Crippen LogP contribution >= 0.6 is 11.6 Å². The first kappa shape index (κ1) is 13.5. The van der Waals surface area contributed by atoms with Gasteiger partial charge in [0.05, 0.1) is 10.7 Å². The summed E-state index contributed by atoms with van der Waals surface area (Å²) in [5.74, 6) is 1.64. The maximum atomic E-state index is 12.0. The van der Waals surface area contributed by atoms with E-state index < -0.39 is 0 Å². The van der Waals surface area contributed by atoms with Gasteiger partial charge < -0.3 is 20.1 Å². The van der Waals surface area contributed by atoms with Crippen molar-refractivity contribution >= 4 is 23.2 Å². The fraction of sp³-hybridized carbons (Fsp3) is 0.500. The quantitative estimate of drug-likeness (QED) is 0.896. The predicted molar refractivity (Wildman–Crippen MR) is 76.7 cm³/mol. The summed E-state index contributed by atoms with van der Waals surface area (Å²) in [5.41, 5.74) is 0.576. The van der Waals surface area contributed by atoms with E-state index in [1.807, 2.05) is 0 Å². The normalized spacial score (nSPS) is 20.8. The van der Waals surface area contributed by atoms with Crippen molar-refractivity contribution in [2.24, 2.45) is 5.92 Å². The Balaban J connectivity index is 1.68. The molecule has 2 aliphatic rings. The van der Waals surface area contributed by atoms with Crippen LogP contribution in [0.5, 0.6) is 11.5 Å². The van der Waals surface area contributed by atoms with Gasteiger partial charge in [0.2, 0.25) is 5.91 Å². The predicted octanol–water partition coefficient (Wildman–Crippen LogP) is 2.05. The maximum Gasteiger partial charge on any atom is 0.224 e. The topological polar surface area (TPSA) is 59.6 Å². The molecule has 0 aliphatic carbocycles. The number of rotatable bonds is 3. The average molecular weight is 297 g/mol. The summed E-state index contributed by atoms with van der Waals surface area (Å²) in [4.78, 5) is 12.0. The number of amides is 1. The SMILES string of the molecule is O=C(CC1CCNC1)Nc1cc2c(cc1Cl)OCCO2. The van der Waals surface area contributed by atoms with Gasteiger partial charge in [0.25, 0.3) is 0 Å². The van der Waals surface area contributed by atoms with E-state index in [1.54, 1.807) is 12.1 Å². The van der Waals surface area contributed by atoms with Crippen molar-refractivity contribution in [3.63, 3.8) is 0 Å². The molecule has 20 heavy (non-hydrogen) atoms. The molecule has 1 aromatic rings. The summed E-state index contributed by atoms with van der Waals surface area (Å²) in [5, 5.41) is 6.57. The van der Waals surface area contributed by atoms with Crippen LogP contribution in [0.4, 0.5) is 5.69 Å². The number of ether oxygens (including phenoxy) is 2. The second kappa shape index (κ2) is 5.89. The number of benzene rings is 1. The maximum absolute atomic E-state index is 12.0. The van der Waals surface area contributed by atoms with Gasteiger partial charge in [-0.05, 0) is 25.4 Å². The molecule has 0 saturated carbocycles. The molecule has 1 fully saturated rings. The Morgan fingerprint density at radius 3 is 2.80 bits per heavy atom. The Kier molecular flexibility index (Phi) is 3.98. The number of nitrogens with one attached hydrogen (secondary N) is 2. The van der Waals surface area contributed by atoms with Gasteiger partial charge in [-0.2, -0.15) is 0 Å². The summed E-state index contributed by atoms with van der Waals surface area (Å²) in [6.07, 6.45) is 1.56. The second-order valence-electron chi connectivity index (χ2n) is 5.09. The van der Waals surface area contributed by atoms with Crippen molar-refractivity contribution in [1.82, 2.24) is 5.32 Å². The molecule has 0 spiro atoms. The Bertz CT molecular complexity index is 515. The molecule has 2 heterocycles. The number of anilines is 1. The fourth-order valence-electron chi connectivity index (χ4n) is 2.51. The van der Waals surface area contributed by atoms with Crippen LogP contribution in [-0.2, 0) is 4.79 Å². The molecular formula is C14H17ClN2O3. The van der Waals surface area contributed by atoms with Crippen LogP contribution in [-0.4, -0.2) is 32.2 Å². The molecule has 5 nitrogen and oxygen atoms in total. The molecule has 108 valence electrons. The summed E-state index contributed by atoms with van der Waals surface area (Å²) >= 11 is 6.16. The smallest absolute Gasteiger partial charge is 0.224 e. The zero-order valence-corrected chi connectivity index (χ0v) is 11.8.